The minimum Gasteiger partial charge on any atom is -0.481 e. The Balaban J connectivity index is 1.79. The summed E-state index contributed by atoms with van der Waals surface area (Å²) in [6.07, 6.45) is 1.77. The summed E-state index contributed by atoms with van der Waals surface area (Å²) in [6.45, 7) is 0. The first-order valence-corrected chi connectivity index (χ1v) is 6.12. The van der Waals surface area contributed by atoms with Crippen LogP contribution in [0.2, 0.25) is 0 Å². The fourth-order valence-electron chi connectivity index (χ4n) is 2.10. The van der Waals surface area contributed by atoms with E-state index in [-0.39, 0.29) is 24.5 Å². The van der Waals surface area contributed by atoms with Gasteiger partial charge in [-0.25, -0.2) is 4.79 Å². The van der Waals surface area contributed by atoms with Gasteiger partial charge in [-0.15, -0.1) is 0 Å². The highest BCUT2D eigenvalue weighted by Gasteiger charge is 2.42. The highest BCUT2D eigenvalue weighted by atomic mass is 32.2. The third-order valence-corrected chi connectivity index (χ3v) is 4.33. The topological polar surface area (TPSA) is 78.4 Å². The molecule has 0 aromatic rings. The lowest BCUT2D eigenvalue weighted by Crippen LogP contribution is -2.36. The molecule has 0 aromatic carbocycles. The van der Waals surface area contributed by atoms with E-state index in [0.717, 1.165) is 12.2 Å². The van der Waals surface area contributed by atoms with Crippen LogP contribution in [-0.2, 0) is 4.79 Å². The largest absolute Gasteiger partial charge is 0.481 e. The first-order chi connectivity index (χ1) is 7.16. The molecule has 2 amide bonds. The number of carboxylic acid groups (broad SMARTS) is 1. The average Bonchev–Trinajstić information content (AvgIpc) is 2.65. The lowest BCUT2D eigenvalue weighted by atomic mass is 10.0. The molecule has 84 valence electrons. The van der Waals surface area contributed by atoms with Crippen LogP contribution in [0.4, 0.5) is 4.79 Å². The van der Waals surface area contributed by atoms with Crippen LogP contribution in [0, 0.1) is 0 Å². The van der Waals surface area contributed by atoms with Crippen LogP contribution in [0.1, 0.15) is 19.3 Å². The maximum absolute atomic E-state index is 11.1. The highest BCUT2D eigenvalue weighted by molar-refractivity contribution is 8.00. The number of fused-ring (bicyclic) bond motifs is 1. The number of urea groups is 1. The summed E-state index contributed by atoms with van der Waals surface area (Å²) in [6, 6.07) is 0.335. The van der Waals surface area contributed by atoms with Gasteiger partial charge in [0.15, 0.2) is 0 Å². The first-order valence-electron chi connectivity index (χ1n) is 5.07. The van der Waals surface area contributed by atoms with Gasteiger partial charge in [-0.05, 0) is 12.8 Å². The molecule has 2 saturated heterocycles. The third-order valence-electron chi connectivity index (χ3n) is 2.82. The van der Waals surface area contributed by atoms with Crippen molar-refractivity contribution >= 4 is 23.8 Å². The molecule has 0 saturated carbocycles. The average molecular weight is 230 g/mol. The summed E-state index contributed by atoms with van der Waals surface area (Å²) in [5.41, 5.74) is 0. The SMILES string of the molecule is O=C(O)CCCC1SCC2NC(=O)NC21. The summed E-state index contributed by atoms with van der Waals surface area (Å²) in [5.74, 6) is 0.185. The molecule has 3 N–H and O–H groups in total. The summed E-state index contributed by atoms with van der Waals surface area (Å²) in [5, 5.41) is 14.6. The van der Waals surface area contributed by atoms with Crippen molar-refractivity contribution in [2.45, 2.75) is 36.6 Å². The van der Waals surface area contributed by atoms with Gasteiger partial charge in [0.25, 0.3) is 0 Å². The Morgan fingerprint density at radius 3 is 3.07 bits per heavy atom. The summed E-state index contributed by atoms with van der Waals surface area (Å²) in [7, 11) is 0. The molecular formula is C9H14N2O3S. The van der Waals surface area contributed by atoms with Gasteiger partial charge in [-0.3, -0.25) is 4.79 Å². The first kappa shape index (κ1) is 10.6. The number of carbonyl (C=O) groups is 2. The van der Waals surface area contributed by atoms with Crippen LogP contribution in [0.5, 0.6) is 0 Å². The van der Waals surface area contributed by atoms with Crippen LogP contribution in [-0.4, -0.2) is 40.2 Å². The lowest BCUT2D eigenvalue weighted by molar-refractivity contribution is -0.137. The van der Waals surface area contributed by atoms with Crippen molar-refractivity contribution in [2.75, 3.05) is 5.75 Å². The van der Waals surface area contributed by atoms with Gasteiger partial charge in [0.1, 0.15) is 0 Å². The Morgan fingerprint density at radius 1 is 1.53 bits per heavy atom. The number of carboxylic acids is 1. The number of nitrogens with one attached hydrogen (secondary N) is 2. The third kappa shape index (κ3) is 2.37. The van der Waals surface area contributed by atoms with Crippen LogP contribution in [0.3, 0.4) is 0 Å². The maximum atomic E-state index is 11.1. The standard InChI is InChI=1S/C9H14N2O3S/c12-7(13)3-1-2-6-8-5(4-15-6)10-9(14)11-8/h5-6,8H,1-4H2,(H,12,13)(H2,10,11,14). The molecule has 2 fully saturated rings. The van der Waals surface area contributed by atoms with Gasteiger partial charge >= 0.3 is 12.0 Å². The van der Waals surface area contributed by atoms with Crippen molar-refractivity contribution in [2.24, 2.45) is 0 Å². The monoisotopic (exact) mass is 230 g/mol. The van der Waals surface area contributed by atoms with Crippen LogP contribution >= 0.6 is 11.8 Å². The Labute approximate surface area is 92.0 Å². The van der Waals surface area contributed by atoms with E-state index in [2.05, 4.69) is 10.6 Å². The second-order valence-corrected chi connectivity index (χ2v) is 5.18. The number of rotatable bonds is 4. The fraction of sp³-hybridized carbons (Fsp3) is 0.778. The molecular weight excluding hydrogens is 216 g/mol. The normalized spacial score (nSPS) is 33.3. The smallest absolute Gasteiger partial charge is 0.315 e. The zero-order chi connectivity index (χ0) is 10.8. The minimum atomic E-state index is -0.747. The molecule has 3 atom stereocenters. The van der Waals surface area contributed by atoms with E-state index in [1.807, 2.05) is 11.8 Å². The van der Waals surface area contributed by atoms with Crippen molar-refractivity contribution in [3.63, 3.8) is 0 Å². The second kappa shape index (κ2) is 4.30. The highest BCUT2D eigenvalue weighted by Crippen LogP contribution is 2.32. The predicted molar refractivity (Wildman–Crippen MR) is 57.0 cm³/mol. The molecule has 5 nitrogen and oxygen atoms in total. The minimum absolute atomic E-state index is 0.0893. The van der Waals surface area contributed by atoms with Gasteiger partial charge in [0.2, 0.25) is 0 Å². The zero-order valence-corrected chi connectivity index (χ0v) is 9.05. The van der Waals surface area contributed by atoms with E-state index in [1.54, 1.807) is 0 Å². The number of thioether (sulfide) groups is 1. The predicted octanol–water partition coefficient (Wildman–Crippen LogP) is 0.407. The van der Waals surface area contributed by atoms with Crippen molar-refractivity contribution in [1.29, 1.82) is 0 Å². The molecule has 15 heavy (non-hydrogen) atoms. The summed E-state index contributed by atoms with van der Waals surface area (Å²) < 4.78 is 0. The van der Waals surface area contributed by atoms with Crippen molar-refractivity contribution < 1.29 is 14.7 Å². The molecule has 0 bridgehead atoms. The molecule has 2 heterocycles. The van der Waals surface area contributed by atoms with E-state index in [4.69, 9.17) is 5.11 Å². The number of aliphatic carboxylic acids is 1. The zero-order valence-electron chi connectivity index (χ0n) is 8.23. The van der Waals surface area contributed by atoms with E-state index in [1.165, 1.54) is 0 Å². The molecule has 2 rings (SSSR count). The van der Waals surface area contributed by atoms with Crippen molar-refractivity contribution in [1.82, 2.24) is 10.6 Å². The number of carbonyl (C=O) groups excluding carboxylic acids is 1. The Morgan fingerprint density at radius 2 is 2.33 bits per heavy atom. The summed E-state index contributed by atoms with van der Waals surface area (Å²) >= 11 is 1.82. The molecule has 0 radical (unpaired) electrons. The van der Waals surface area contributed by atoms with Crippen LogP contribution < -0.4 is 10.6 Å². The number of hydrogen-bond acceptors (Lipinski definition) is 3. The van der Waals surface area contributed by atoms with Crippen LogP contribution in [0.15, 0.2) is 0 Å². The van der Waals surface area contributed by atoms with Crippen molar-refractivity contribution in [3.05, 3.63) is 0 Å². The Hall–Kier alpha value is -0.910. The van der Waals surface area contributed by atoms with Gasteiger partial charge in [-0.1, -0.05) is 0 Å². The molecule has 2 aliphatic rings. The maximum Gasteiger partial charge on any atom is 0.315 e. The van der Waals surface area contributed by atoms with Crippen molar-refractivity contribution in [3.8, 4) is 0 Å². The van der Waals surface area contributed by atoms with E-state index >= 15 is 0 Å². The van der Waals surface area contributed by atoms with E-state index < -0.39 is 5.97 Å². The van der Waals surface area contributed by atoms with Crippen LogP contribution in [0.25, 0.3) is 0 Å². The van der Waals surface area contributed by atoms with Gasteiger partial charge < -0.3 is 15.7 Å². The summed E-state index contributed by atoms with van der Waals surface area (Å²) in [4.78, 5) is 21.4. The molecule has 3 unspecified atom stereocenters. The molecule has 2 aliphatic heterocycles. The quantitative estimate of drug-likeness (QED) is 0.611. The number of hydrogen-bond donors (Lipinski definition) is 3. The molecule has 0 spiro atoms. The molecule has 0 aliphatic carbocycles. The van der Waals surface area contributed by atoms with E-state index in [9.17, 15) is 9.59 Å². The fourth-order valence-corrected chi connectivity index (χ4v) is 3.64. The molecule has 0 aromatic heterocycles. The van der Waals surface area contributed by atoms with Gasteiger partial charge in [0, 0.05) is 17.4 Å². The lowest BCUT2D eigenvalue weighted by Gasteiger charge is -2.15. The molecule has 6 heteroatoms. The van der Waals surface area contributed by atoms with Gasteiger partial charge in [0.05, 0.1) is 12.1 Å². The van der Waals surface area contributed by atoms with E-state index in [0.29, 0.717) is 11.7 Å². The Kier molecular flexibility index (Phi) is 3.04. The Bertz CT molecular complexity index is 285. The number of amides is 2. The van der Waals surface area contributed by atoms with Gasteiger partial charge in [-0.2, -0.15) is 11.8 Å². The second-order valence-electron chi connectivity index (χ2n) is 3.91.